The standard InChI is InChI=1S/C9H24N9O4P/c1-4(16-7(10)11)20-23(19,21-5(2)17-8(12)13)22-6(3)18-9(14)15/h4-6H,1-3H3,(H4,10,11,16)(H4,12,13,17)(H4,14,15,18). The Hall–Kier alpha value is -2.08. The average molecular weight is 353 g/mol. The predicted molar refractivity (Wildman–Crippen MR) is 84.4 cm³/mol. The van der Waals surface area contributed by atoms with Gasteiger partial charge in [-0.05, 0) is 20.8 Å². The number of phosphoric ester groups is 1. The number of rotatable bonds is 9. The van der Waals surface area contributed by atoms with Crippen molar-refractivity contribution in [1.82, 2.24) is 16.0 Å². The molecular weight excluding hydrogens is 329 g/mol. The van der Waals surface area contributed by atoms with Gasteiger partial charge in [-0.1, -0.05) is 0 Å². The number of hydrogen-bond donors (Lipinski definition) is 9. The Balaban J connectivity index is 5.01. The van der Waals surface area contributed by atoms with Crippen molar-refractivity contribution < 1.29 is 18.1 Å². The van der Waals surface area contributed by atoms with E-state index < -0.39 is 44.4 Å². The Kier molecular flexibility index (Phi) is 8.32. The Bertz CT molecular complexity index is 421. The Morgan fingerprint density at radius 3 is 1.17 bits per heavy atom. The zero-order chi connectivity index (χ0) is 18.2. The average Bonchev–Trinajstić information content (AvgIpc) is 2.22. The van der Waals surface area contributed by atoms with E-state index >= 15 is 0 Å². The van der Waals surface area contributed by atoms with Crippen LogP contribution in [0.25, 0.3) is 0 Å². The van der Waals surface area contributed by atoms with E-state index in [2.05, 4.69) is 16.0 Å². The second-order valence-corrected chi connectivity index (χ2v) is 5.89. The largest absolute Gasteiger partial charge is 0.480 e. The first kappa shape index (κ1) is 20.9. The maximum absolute atomic E-state index is 12.7. The van der Waals surface area contributed by atoms with Crippen LogP contribution in [0.4, 0.5) is 0 Å². The number of nitrogens with two attached hydrogens (primary N) is 3. The summed E-state index contributed by atoms with van der Waals surface area (Å²) in [7, 11) is -4.20. The maximum Gasteiger partial charge on any atom is 0.480 e. The van der Waals surface area contributed by atoms with Crippen molar-refractivity contribution in [1.29, 1.82) is 16.2 Å². The second-order valence-electron chi connectivity index (χ2n) is 4.36. The van der Waals surface area contributed by atoms with E-state index in [9.17, 15) is 4.57 Å². The molecular formula is C9H24N9O4P. The van der Waals surface area contributed by atoms with E-state index in [1.54, 1.807) is 0 Å². The predicted octanol–water partition coefficient (Wildman–Crippen LogP) is -1.37. The van der Waals surface area contributed by atoms with Gasteiger partial charge < -0.3 is 33.2 Å². The van der Waals surface area contributed by atoms with Crippen LogP contribution in [0.15, 0.2) is 0 Å². The smallest absolute Gasteiger partial charge is 0.370 e. The van der Waals surface area contributed by atoms with Crippen LogP contribution in [0.5, 0.6) is 0 Å². The molecule has 0 aliphatic rings. The molecule has 0 saturated carbocycles. The van der Waals surface area contributed by atoms with Crippen molar-refractivity contribution in [2.75, 3.05) is 0 Å². The molecule has 13 nitrogen and oxygen atoms in total. The van der Waals surface area contributed by atoms with Crippen molar-refractivity contribution in [3.05, 3.63) is 0 Å². The van der Waals surface area contributed by atoms with Crippen LogP contribution >= 0.6 is 7.82 Å². The van der Waals surface area contributed by atoms with Crippen LogP contribution in [0.3, 0.4) is 0 Å². The van der Waals surface area contributed by atoms with Crippen molar-refractivity contribution in [2.45, 2.75) is 39.5 Å². The van der Waals surface area contributed by atoms with Crippen molar-refractivity contribution in [3.63, 3.8) is 0 Å². The highest BCUT2D eigenvalue weighted by Crippen LogP contribution is 2.51. The van der Waals surface area contributed by atoms with Crippen LogP contribution in [0.1, 0.15) is 20.8 Å². The fourth-order valence-corrected chi connectivity index (χ4v) is 2.86. The number of guanidine groups is 3. The third-order valence-corrected chi connectivity index (χ3v) is 3.66. The first-order chi connectivity index (χ1) is 10.4. The molecule has 23 heavy (non-hydrogen) atoms. The molecule has 0 aliphatic heterocycles. The molecule has 3 unspecified atom stereocenters. The molecule has 0 fully saturated rings. The third-order valence-electron chi connectivity index (χ3n) is 1.94. The monoisotopic (exact) mass is 353 g/mol. The summed E-state index contributed by atoms with van der Waals surface area (Å²) in [6.45, 7) is 4.27. The van der Waals surface area contributed by atoms with Crippen LogP contribution in [0, 0.1) is 16.2 Å². The Morgan fingerprint density at radius 2 is 1.00 bits per heavy atom. The van der Waals surface area contributed by atoms with Gasteiger partial charge in [-0.2, -0.15) is 0 Å². The summed E-state index contributed by atoms with van der Waals surface area (Å²) in [6.07, 6.45) is -2.94. The molecule has 134 valence electrons. The summed E-state index contributed by atoms with van der Waals surface area (Å²) in [6, 6.07) is 0. The molecule has 0 rings (SSSR count). The number of nitrogens with one attached hydrogen (secondary N) is 6. The fraction of sp³-hybridized carbons (Fsp3) is 0.667. The van der Waals surface area contributed by atoms with Crippen LogP contribution < -0.4 is 33.2 Å². The van der Waals surface area contributed by atoms with Gasteiger partial charge in [0.15, 0.2) is 17.9 Å². The third kappa shape index (κ3) is 10.3. The van der Waals surface area contributed by atoms with E-state index in [1.165, 1.54) is 20.8 Å². The molecule has 0 amide bonds. The van der Waals surface area contributed by atoms with Gasteiger partial charge in [0.1, 0.15) is 18.7 Å². The molecule has 0 spiro atoms. The van der Waals surface area contributed by atoms with E-state index in [0.717, 1.165) is 0 Å². The molecule has 0 saturated heterocycles. The van der Waals surface area contributed by atoms with Gasteiger partial charge in [0.25, 0.3) is 0 Å². The van der Waals surface area contributed by atoms with E-state index in [1.807, 2.05) is 0 Å². The van der Waals surface area contributed by atoms with Gasteiger partial charge >= 0.3 is 7.82 Å². The zero-order valence-electron chi connectivity index (χ0n) is 13.0. The minimum atomic E-state index is -4.20. The number of hydrogen-bond acceptors (Lipinski definition) is 7. The highest BCUT2D eigenvalue weighted by Gasteiger charge is 2.34. The molecule has 0 heterocycles. The number of phosphoric acid groups is 1. The molecule has 0 bridgehead atoms. The topological polar surface area (TPSA) is 230 Å². The normalized spacial score (nSPS) is 17.2. The van der Waals surface area contributed by atoms with Gasteiger partial charge in [0, 0.05) is 0 Å². The molecule has 0 aromatic heterocycles. The van der Waals surface area contributed by atoms with Crippen LogP contribution in [-0.4, -0.2) is 36.6 Å². The molecule has 0 aliphatic carbocycles. The lowest BCUT2D eigenvalue weighted by molar-refractivity contribution is 0.0332. The van der Waals surface area contributed by atoms with E-state index in [-0.39, 0.29) is 0 Å². The second kappa shape index (κ2) is 9.15. The lowest BCUT2D eigenvalue weighted by Gasteiger charge is -2.27. The van der Waals surface area contributed by atoms with Gasteiger partial charge in [-0.25, -0.2) is 4.57 Å². The van der Waals surface area contributed by atoms with Crippen molar-refractivity contribution in [2.24, 2.45) is 17.2 Å². The Labute approximate surface area is 133 Å². The minimum absolute atomic E-state index is 0.408. The highest BCUT2D eigenvalue weighted by atomic mass is 31.2. The zero-order valence-corrected chi connectivity index (χ0v) is 13.9. The van der Waals surface area contributed by atoms with Gasteiger partial charge in [0.05, 0.1) is 0 Å². The lowest BCUT2D eigenvalue weighted by atomic mass is 10.6. The summed E-state index contributed by atoms with van der Waals surface area (Å²) >= 11 is 0. The summed E-state index contributed by atoms with van der Waals surface area (Å²) < 4.78 is 28.1. The summed E-state index contributed by atoms with van der Waals surface area (Å²) in [5.41, 5.74) is 15.5. The molecule has 0 aromatic rings. The highest BCUT2D eigenvalue weighted by molar-refractivity contribution is 7.48. The maximum atomic E-state index is 12.7. The van der Waals surface area contributed by atoms with Crippen molar-refractivity contribution in [3.8, 4) is 0 Å². The van der Waals surface area contributed by atoms with Crippen LogP contribution in [0.2, 0.25) is 0 Å². The van der Waals surface area contributed by atoms with Crippen LogP contribution in [-0.2, 0) is 18.1 Å². The summed E-state index contributed by atoms with van der Waals surface area (Å²) in [5, 5.41) is 28.4. The molecule has 0 aromatic carbocycles. The molecule has 0 radical (unpaired) electrons. The molecule has 3 atom stereocenters. The minimum Gasteiger partial charge on any atom is -0.370 e. The first-order valence-electron chi connectivity index (χ1n) is 6.40. The molecule has 12 N–H and O–H groups in total. The lowest BCUT2D eigenvalue weighted by Crippen LogP contribution is -2.42. The van der Waals surface area contributed by atoms with E-state index in [4.69, 9.17) is 47.0 Å². The van der Waals surface area contributed by atoms with E-state index in [0.29, 0.717) is 0 Å². The fourth-order valence-electron chi connectivity index (χ4n) is 1.39. The summed E-state index contributed by atoms with van der Waals surface area (Å²) in [5.74, 6) is -1.23. The van der Waals surface area contributed by atoms with Crippen molar-refractivity contribution >= 4 is 25.7 Å². The Morgan fingerprint density at radius 1 is 0.783 bits per heavy atom. The van der Waals surface area contributed by atoms with Gasteiger partial charge in [0.2, 0.25) is 0 Å². The van der Waals surface area contributed by atoms with Gasteiger partial charge in [-0.15, -0.1) is 0 Å². The SMILES string of the molecule is CC(NC(=N)N)OP(=O)(OC(C)NC(=N)N)OC(C)NC(=N)N. The summed E-state index contributed by atoms with van der Waals surface area (Å²) in [4.78, 5) is 0. The quantitative estimate of drug-likeness (QED) is 0.102. The molecule has 14 heteroatoms. The first-order valence-corrected chi connectivity index (χ1v) is 7.86. The van der Waals surface area contributed by atoms with Gasteiger partial charge in [-0.3, -0.25) is 29.8 Å².